The summed E-state index contributed by atoms with van der Waals surface area (Å²) in [4.78, 5) is 0. The molecule has 2 aromatic carbocycles. The van der Waals surface area contributed by atoms with Crippen molar-refractivity contribution in [1.82, 2.24) is 0 Å². The summed E-state index contributed by atoms with van der Waals surface area (Å²) in [6.45, 7) is 4.94. The maximum absolute atomic E-state index is 10.6. The largest absolute Gasteiger partial charge is 0.491 e. The number of para-hydroxylation sites is 1. The number of ether oxygens (including phenoxy) is 2. The van der Waals surface area contributed by atoms with Crippen molar-refractivity contribution >= 4 is 0 Å². The van der Waals surface area contributed by atoms with Crippen molar-refractivity contribution < 1.29 is 24.8 Å². The molecule has 0 unspecified atom stereocenters. The van der Waals surface area contributed by atoms with Crippen LogP contribution in [0.25, 0.3) is 0 Å². The number of hydrogen-bond donors (Lipinski definition) is 3. The third kappa shape index (κ3) is 9.09. The predicted octanol–water partition coefficient (Wildman–Crippen LogP) is 4.19. The number of rotatable bonds is 13. The molecule has 0 aromatic heterocycles. The van der Waals surface area contributed by atoms with Gasteiger partial charge in [-0.05, 0) is 29.2 Å². The van der Waals surface area contributed by atoms with Crippen molar-refractivity contribution in [2.75, 3.05) is 19.8 Å². The zero-order valence-corrected chi connectivity index (χ0v) is 18.4. The summed E-state index contributed by atoms with van der Waals surface area (Å²) in [6, 6.07) is 17.1. The van der Waals surface area contributed by atoms with E-state index in [9.17, 15) is 10.2 Å². The third-order valence-electron chi connectivity index (χ3n) is 4.83. The smallest absolute Gasteiger partial charge is 0.125 e. The number of aliphatic hydroxyl groups is 3. The molecule has 5 heteroatoms. The summed E-state index contributed by atoms with van der Waals surface area (Å²) in [5.74, 6) is 0.786. The molecule has 31 heavy (non-hydrogen) atoms. The van der Waals surface area contributed by atoms with E-state index >= 15 is 0 Å². The Labute approximate surface area is 185 Å². The van der Waals surface area contributed by atoms with Gasteiger partial charge in [0, 0.05) is 18.4 Å². The molecule has 0 aliphatic rings. The maximum Gasteiger partial charge on any atom is 0.125 e. The number of benzene rings is 2. The number of aliphatic hydroxyl groups excluding tert-OH is 3. The molecule has 5 nitrogen and oxygen atoms in total. The molecule has 0 bridgehead atoms. The van der Waals surface area contributed by atoms with E-state index in [4.69, 9.17) is 14.6 Å². The fourth-order valence-corrected chi connectivity index (χ4v) is 3.13. The van der Waals surface area contributed by atoms with Gasteiger partial charge in [-0.3, -0.25) is 0 Å². The zero-order valence-electron chi connectivity index (χ0n) is 18.4. The van der Waals surface area contributed by atoms with Crippen molar-refractivity contribution in [2.24, 2.45) is 5.92 Å². The molecule has 0 heterocycles. The Morgan fingerprint density at radius 1 is 1.03 bits per heavy atom. The van der Waals surface area contributed by atoms with Crippen LogP contribution >= 0.6 is 0 Å². The molecular formula is C26H34O5. The first-order valence-corrected chi connectivity index (χ1v) is 10.8. The molecule has 2 rings (SSSR count). The van der Waals surface area contributed by atoms with Crippen LogP contribution in [-0.2, 0) is 11.3 Å². The molecular weight excluding hydrogens is 392 g/mol. The minimum Gasteiger partial charge on any atom is -0.491 e. The van der Waals surface area contributed by atoms with E-state index in [2.05, 4.69) is 19.6 Å². The van der Waals surface area contributed by atoms with Gasteiger partial charge in [-0.2, -0.15) is 0 Å². The van der Waals surface area contributed by atoms with Crippen LogP contribution in [0.15, 0.2) is 72.0 Å². The molecule has 0 spiro atoms. The van der Waals surface area contributed by atoms with Crippen molar-refractivity contribution in [1.29, 1.82) is 0 Å². The molecule has 0 aliphatic heterocycles. The fourth-order valence-electron chi connectivity index (χ4n) is 3.13. The quantitative estimate of drug-likeness (QED) is 0.419. The average molecular weight is 427 g/mol. The minimum atomic E-state index is -0.741. The van der Waals surface area contributed by atoms with E-state index in [1.54, 1.807) is 12.1 Å². The summed E-state index contributed by atoms with van der Waals surface area (Å²) in [7, 11) is 0. The topological polar surface area (TPSA) is 79.2 Å². The fraction of sp³-hybridized carbons (Fsp3) is 0.423. The van der Waals surface area contributed by atoms with Gasteiger partial charge in [0.05, 0.1) is 32.0 Å². The molecule has 3 N–H and O–H groups in total. The second kappa shape index (κ2) is 13.8. The summed E-state index contributed by atoms with van der Waals surface area (Å²) in [6.07, 6.45) is 1.29. The van der Waals surface area contributed by atoms with Crippen LogP contribution in [0.4, 0.5) is 0 Å². The van der Waals surface area contributed by atoms with Crippen LogP contribution in [0, 0.1) is 5.92 Å². The van der Waals surface area contributed by atoms with E-state index in [1.807, 2.05) is 48.5 Å². The highest BCUT2D eigenvalue weighted by molar-refractivity contribution is 5.35. The van der Waals surface area contributed by atoms with E-state index in [0.717, 1.165) is 11.1 Å². The average Bonchev–Trinajstić information content (AvgIpc) is 2.77. The van der Waals surface area contributed by atoms with Gasteiger partial charge < -0.3 is 24.8 Å². The highest BCUT2D eigenvalue weighted by Gasteiger charge is 2.13. The van der Waals surface area contributed by atoms with Gasteiger partial charge in [0.15, 0.2) is 0 Å². The second-order valence-corrected chi connectivity index (χ2v) is 7.75. The zero-order chi connectivity index (χ0) is 22.5. The van der Waals surface area contributed by atoms with Crippen molar-refractivity contribution in [3.8, 4) is 5.75 Å². The van der Waals surface area contributed by atoms with Gasteiger partial charge in [-0.15, -0.1) is 5.73 Å². The van der Waals surface area contributed by atoms with Gasteiger partial charge in [0.25, 0.3) is 0 Å². The Balaban J connectivity index is 1.92. The lowest BCUT2D eigenvalue weighted by Crippen LogP contribution is -2.17. The lowest BCUT2D eigenvalue weighted by molar-refractivity contribution is 0.0280. The Kier molecular flexibility index (Phi) is 11.1. The predicted molar refractivity (Wildman–Crippen MR) is 122 cm³/mol. The molecule has 0 aliphatic carbocycles. The Morgan fingerprint density at radius 2 is 1.74 bits per heavy atom. The van der Waals surface area contributed by atoms with Crippen molar-refractivity contribution in [2.45, 2.75) is 45.5 Å². The van der Waals surface area contributed by atoms with E-state index in [1.165, 1.54) is 0 Å². The summed E-state index contributed by atoms with van der Waals surface area (Å²) in [5.41, 5.74) is 5.99. The minimum absolute atomic E-state index is 0.0811. The van der Waals surface area contributed by atoms with Crippen LogP contribution in [-0.4, -0.2) is 41.2 Å². The van der Waals surface area contributed by atoms with Crippen LogP contribution in [0.2, 0.25) is 0 Å². The Bertz CT molecular complexity index is 825. The lowest BCUT2D eigenvalue weighted by Gasteiger charge is -2.16. The molecule has 0 saturated carbocycles. The highest BCUT2D eigenvalue weighted by Crippen LogP contribution is 2.27. The second-order valence-electron chi connectivity index (χ2n) is 7.75. The summed E-state index contributed by atoms with van der Waals surface area (Å²) in [5, 5.41) is 29.9. The lowest BCUT2D eigenvalue weighted by atomic mass is 9.97. The number of hydrogen-bond acceptors (Lipinski definition) is 5. The summed E-state index contributed by atoms with van der Waals surface area (Å²) >= 11 is 0. The monoisotopic (exact) mass is 426 g/mol. The third-order valence-corrected chi connectivity index (χ3v) is 4.83. The highest BCUT2D eigenvalue weighted by atomic mass is 16.5. The maximum atomic E-state index is 10.6. The molecule has 0 saturated heterocycles. The molecule has 0 amide bonds. The van der Waals surface area contributed by atoms with Crippen LogP contribution in [0.3, 0.4) is 0 Å². The Hall–Kier alpha value is -2.40. The molecule has 0 radical (unpaired) electrons. The van der Waals surface area contributed by atoms with Gasteiger partial charge in [0.2, 0.25) is 0 Å². The summed E-state index contributed by atoms with van der Waals surface area (Å²) < 4.78 is 11.1. The normalized spacial score (nSPS) is 12.8. The van der Waals surface area contributed by atoms with Crippen molar-refractivity contribution in [3.05, 3.63) is 83.1 Å². The standard InChI is InChI=1S/C26H34O5/c1-20(2)22(17-23(28)19-30-18-21-9-4-3-5-10-21)11-8-13-25(29)24-12-6-7-14-26(24)31-16-15-27/h3-10,12,14,20,23,25,27-29H,13,15-19H2,1-2H3/t11?,23-,25-/m0/s1. The van der Waals surface area contributed by atoms with E-state index in [-0.39, 0.29) is 25.7 Å². The van der Waals surface area contributed by atoms with Gasteiger partial charge in [0.1, 0.15) is 12.4 Å². The molecule has 168 valence electrons. The van der Waals surface area contributed by atoms with Crippen LogP contribution in [0.5, 0.6) is 5.75 Å². The Morgan fingerprint density at radius 3 is 2.45 bits per heavy atom. The first-order chi connectivity index (χ1) is 15.0. The van der Waals surface area contributed by atoms with E-state index < -0.39 is 12.2 Å². The van der Waals surface area contributed by atoms with E-state index in [0.29, 0.717) is 30.8 Å². The van der Waals surface area contributed by atoms with Crippen LogP contribution in [0.1, 0.15) is 43.9 Å². The van der Waals surface area contributed by atoms with Gasteiger partial charge in [-0.25, -0.2) is 0 Å². The van der Waals surface area contributed by atoms with Gasteiger partial charge in [-0.1, -0.05) is 62.4 Å². The first-order valence-electron chi connectivity index (χ1n) is 10.8. The van der Waals surface area contributed by atoms with Gasteiger partial charge >= 0.3 is 0 Å². The SMILES string of the molecule is CC(C)C(=C=CC[C@H](O)c1ccccc1OCCO)C[C@H](O)COCc1ccccc1. The molecule has 0 fully saturated rings. The first kappa shape index (κ1) is 24.9. The van der Waals surface area contributed by atoms with Crippen molar-refractivity contribution in [3.63, 3.8) is 0 Å². The molecule has 2 aromatic rings. The molecule has 2 atom stereocenters. The van der Waals surface area contributed by atoms with Crippen LogP contribution < -0.4 is 4.74 Å².